The van der Waals surface area contributed by atoms with E-state index in [1.807, 2.05) is 0 Å². The van der Waals surface area contributed by atoms with Crippen molar-refractivity contribution in [2.24, 2.45) is 0 Å². The standard InChI is InChI=1S/2C12H19NO2/c2*1-2-3-4-5-6-7-10-13-11(14)8-9-12(13)15/h2*8-9H,2-7,10H2,1H3. The fraction of sp³-hybridized carbons (Fsp3) is 0.667. The van der Waals surface area contributed by atoms with Crippen molar-refractivity contribution in [3.63, 3.8) is 0 Å². The second-order valence-corrected chi connectivity index (χ2v) is 7.86. The van der Waals surface area contributed by atoms with Crippen LogP contribution in [-0.4, -0.2) is 46.5 Å². The van der Waals surface area contributed by atoms with Crippen molar-refractivity contribution in [1.82, 2.24) is 9.80 Å². The van der Waals surface area contributed by atoms with Crippen LogP contribution in [0.4, 0.5) is 0 Å². The lowest BCUT2D eigenvalue weighted by molar-refractivity contribution is -0.138. The maximum atomic E-state index is 11.2. The Balaban J connectivity index is 0.000000300. The summed E-state index contributed by atoms with van der Waals surface area (Å²) in [6.45, 7) is 5.54. The van der Waals surface area contributed by atoms with Gasteiger partial charge in [0, 0.05) is 37.4 Å². The van der Waals surface area contributed by atoms with Crippen molar-refractivity contribution in [3.05, 3.63) is 24.3 Å². The summed E-state index contributed by atoms with van der Waals surface area (Å²) in [5, 5.41) is 0. The molecule has 0 saturated carbocycles. The first-order valence-corrected chi connectivity index (χ1v) is 11.6. The van der Waals surface area contributed by atoms with E-state index >= 15 is 0 Å². The number of nitrogens with zero attached hydrogens (tertiary/aromatic N) is 2. The largest absolute Gasteiger partial charge is 0.275 e. The van der Waals surface area contributed by atoms with Gasteiger partial charge in [0.25, 0.3) is 23.6 Å². The Morgan fingerprint density at radius 3 is 1.03 bits per heavy atom. The van der Waals surface area contributed by atoms with Crippen molar-refractivity contribution >= 4 is 23.6 Å². The smallest absolute Gasteiger partial charge is 0.253 e. The quantitative estimate of drug-likeness (QED) is 0.306. The van der Waals surface area contributed by atoms with Crippen LogP contribution in [0.25, 0.3) is 0 Å². The number of amides is 4. The summed E-state index contributed by atoms with van der Waals surface area (Å²) in [5.74, 6) is -0.635. The van der Waals surface area contributed by atoms with Crippen LogP contribution in [0, 0.1) is 0 Å². The molecule has 0 atom stereocenters. The normalized spacial score (nSPS) is 15.4. The predicted octanol–water partition coefficient (Wildman–Crippen LogP) is 4.54. The summed E-state index contributed by atoms with van der Waals surface area (Å²) in [6, 6.07) is 0. The van der Waals surface area contributed by atoms with Gasteiger partial charge in [-0.15, -0.1) is 0 Å². The van der Waals surface area contributed by atoms with Crippen LogP contribution in [0.1, 0.15) is 90.9 Å². The lowest BCUT2D eigenvalue weighted by Gasteiger charge is -2.12. The summed E-state index contributed by atoms with van der Waals surface area (Å²) in [5.41, 5.74) is 0. The molecule has 0 saturated heterocycles. The highest BCUT2D eigenvalue weighted by atomic mass is 16.2. The molecule has 168 valence electrons. The minimum atomic E-state index is -0.159. The van der Waals surface area contributed by atoms with Gasteiger partial charge in [-0.2, -0.15) is 0 Å². The molecule has 0 aromatic heterocycles. The summed E-state index contributed by atoms with van der Waals surface area (Å²) in [4.78, 5) is 47.3. The van der Waals surface area contributed by atoms with Crippen molar-refractivity contribution < 1.29 is 19.2 Å². The van der Waals surface area contributed by atoms with E-state index in [2.05, 4.69) is 13.8 Å². The van der Waals surface area contributed by atoms with Gasteiger partial charge in [-0.05, 0) is 12.8 Å². The fourth-order valence-corrected chi connectivity index (χ4v) is 3.40. The minimum absolute atomic E-state index is 0.159. The SMILES string of the molecule is CCCCCCCCN1C(=O)C=CC1=O.CCCCCCCCN1C(=O)C=CC1=O. The van der Waals surface area contributed by atoms with E-state index in [0.29, 0.717) is 13.1 Å². The van der Waals surface area contributed by atoms with Crippen LogP contribution >= 0.6 is 0 Å². The van der Waals surface area contributed by atoms with E-state index in [1.54, 1.807) is 0 Å². The van der Waals surface area contributed by atoms with Crippen LogP contribution in [-0.2, 0) is 19.2 Å². The third-order valence-corrected chi connectivity index (χ3v) is 5.27. The lowest BCUT2D eigenvalue weighted by Crippen LogP contribution is -2.30. The first-order chi connectivity index (χ1) is 14.5. The van der Waals surface area contributed by atoms with E-state index in [-0.39, 0.29) is 23.6 Å². The van der Waals surface area contributed by atoms with Crippen LogP contribution < -0.4 is 0 Å². The van der Waals surface area contributed by atoms with Crippen LogP contribution in [0.3, 0.4) is 0 Å². The highest BCUT2D eigenvalue weighted by Gasteiger charge is 2.22. The molecule has 0 unspecified atom stereocenters. The fourth-order valence-electron chi connectivity index (χ4n) is 3.40. The van der Waals surface area contributed by atoms with Crippen molar-refractivity contribution in [3.8, 4) is 0 Å². The molecule has 0 aromatic rings. The Kier molecular flexibility index (Phi) is 13.4. The molecule has 6 heteroatoms. The van der Waals surface area contributed by atoms with E-state index in [9.17, 15) is 19.2 Å². The summed E-state index contributed by atoms with van der Waals surface area (Å²) in [7, 11) is 0. The number of carbonyl (C=O) groups excluding carboxylic acids is 4. The van der Waals surface area contributed by atoms with E-state index in [0.717, 1.165) is 25.7 Å². The molecule has 0 fully saturated rings. The monoisotopic (exact) mass is 418 g/mol. The molecule has 0 aliphatic carbocycles. The lowest BCUT2D eigenvalue weighted by atomic mass is 10.1. The minimum Gasteiger partial charge on any atom is -0.275 e. The number of rotatable bonds is 14. The second-order valence-electron chi connectivity index (χ2n) is 7.86. The van der Waals surface area contributed by atoms with Crippen molar-refractivity contribution in [2.45, 2.75) is 90.9 Å². The molecule has 2 aliphatic heterocycles. The molecule has 0 N–H and O–H groups in total. The van der Waals surface area contributed by atoms with Gasteiger partial charge in [-0.1, -0.05) is 78.1 Å². The Hall–Kier alpha value is -2.24. The highest BCUT2D eigenvalue weighted by molar-refractivity contribution is 6.13. The molecule has 2 heterocycles. The number of unbranched alkanes of at least 4 members (excludes halogenated alkanes) is 10. The van der Waals surface area contributed by atoms with Gasteiger partial charge < -0.3 is 0 Å². The number of imide groups is 2. The molecular formula is C24H38N2O4. The van der Waals surface area contributed by atoms with Gasteiger partial charge in [0.1, 0.15) is 0 Å². The predicted molar refractivity (Wildman–Crippen MR) is 118 cm³/mol. The number of carbonyl (C=O) groups is 4. The molecule has 4 amide bonds. The number of hydrogen-bond acceptors (Lipinski definition) is 4. The van der Waals surface area contributed by atoms with E-state index in [1.165, 1.54) is 85.5 Å². The summed E-state index contributed by atoms with van der Waals surface area (Å²) < 4.78 is 0. The average Bonchev–Trinajstić information content (AvgIpc) is 3.23. The first kappa shape index (κ1) is 25.8. The van der Waals surface area contributed by atoms with Gasteiger partial charge in [0.15, 0.2) is 0 Å². The summed E-state index contributed by atoms with van der Waals surface area (Å²) in [6.07, 6.45) is 19.5. The molecule has 0 aromatic carbocycles. The zero-order valence-corrected chi connectivity index (χ0v) is 18.7. The molecule has 2 aliphatic rings. The molecule has 0 radical (unpaired) electrons. The molecule has 0 bridgehead atoms. The third kappa shape index (κ3) is 9.99. The van der Waals surface area contributed by atoms with Crippen molar-refractivity contribution in [2.75, 3.05) is 13.1 Å². The van der Waals surface area contributed by atoms with Gasteiger partial charge in [-0.3, -0.25) is 29.0 Å². The van der Waals surface area contributed by atoms with Gasteiger partial charge in [0.05, 0.1) is 0 Å². The maximum Gasteiger partial charge on any atom is 0.253 e. The highest BCUT2D eigenvalue weighted by Crippen LogP contribution is 2.10. The Morgan fingerprint density at radius 1 is 0.467 bits per heavy atom. The topological polar surface area (TPSA) is 74.8 Å². The number of hydrogen-bond donors (Lipinski definition) is 0. The zero-order valence-electron chi connectivity index (χ0n) is 18.7. The summed E-state index contributed by atoms with van der Waals surface area (Å²) >= 11 is 0. The molecule has 30 heavy (non-hydrogen) atoms. The molecular weight excluding hydrogens is 380 g/mol. The van der Waals surface area contributed by atoms with Gasteiger partial charge >= 0.3 is 0 Å². The van der Waals surface area contributed by atoms with E-state index < -0.39 is 0 Å². The average molecular weight is 419 g/mol. The van der Waals surface area contributed by atoms with E-state index in [4.69, 9.17) is 0 Å². The second kappa shape index (κ2) is 15.6. The van der Waals surface area contributed by atoms with Crippen molar-refractivity contribution in [1.29, 1.82) is 0 Å². The maximum absolute atomic E-state index is 11.2. The molecule has 2 rings (SSSR count). The van der Waals surface area contributed by atoms with Gasteiger partial charge in [-0.25, -0.2) is 0 Å². The Morgan fingerprint density at radius 2 is 0.733 bits per heavy atom. The zero-order chi connectivity index (χ0) is 22.2. The first-order valence-electron chi connectivity index (χ1n) is 11.6. The molecule has 6 nitrogen and oxygen atoms in total. The van der Waals surface area contributed by atoms with Gasteiger partial charge in [0.2, 0.25) is 0 Å². The van der Waals surface area contributed by atoms with Crippen LogP contribution in [0.5, 0.6) is 0 Å². The van der Waals surface area contributed by atoms with Crippen LogP contribution in [0.15, 0.2) is 24.3 Å². The third-order valence-electron chi connectivity index (χ3n) is 5.27. The van der Waals surface area contributed by atoms with Crippen LogP contribution in [0.2, 0.25) is 0 Å². The molecule has 0 spiro atoms. The Bertz CT molecular complexity index is 535. The Labute approximate surface area is 181 Å².